The Bertz CT molecular complexity index is 1510. The molecule has 0 saturated heterocycles. The van der Waals surface area contributed by atoms with Crippen molar-refractivity contribution in [1.82, 2.24) is 0 Å². The molecule has 0 aromatic heterocycles. The topological polar surface area (TPSA) is 3.24 Å². The third-order valence-electron chi connectivity index (χ3n) is 9.05. The minimum Gasteiger partial charge on any atom is -0.345 e. The van der Waals surface area contributed by atoms with Gasteiger partial charge in [-0.15, -0.1) is 0 Å². The van der Waals surface area contributed by atoms with Crippen LogP contribution in [-0.2, 0) is 11.0 Å². The van der Waals surface area contributed by atoms with Crippen LogP contribution >= 0.6 is 0 Å². The van der Waals surface area contributed by atoms with Gasteiger partial charge in [0.1, 0.15) is 6.04 Å². The molecule has 1 aliphatic carbocycles. The highest BCUT2D eigenvalue weighted by atomic mass is 15.3. The van der Waals surface area contributed by atoms with Gasteiger partial charge < -0.3 is 4.90 Å². The summed E-state index contributed by atoms with van der Waals surface area (Å²) in [5.74, 6) is 0.856. The van der Waals surface area contributed by atoms with E-state index < -0.39 is 0 Å². The molecule has 0 bridgehead atoms. The SMILES string of the molecule is CC(C)c1cccc(C(C)C)c1N1[C](c2ccc3c(c2)-c2ccccc2C3(C)C)c2ccccc2C1(C)C. The second-order valence-corrected chi connectivity index (χ2v) is 12.8. The van der Waals surface area contributed by atoms with Crippen LogP contribution < -0.4 is 4.90 Å². The molecule has 0 N–H and O–H groups in total. The third-order valence-corrected chi connectivity index (χ3v) is 9.05. The molecule has 193 valence electrons. The van der Waals surface area contributed by atoms with Crippen molar-refractivity contribution in [2.24, 2.45) is 0 Å². The van der Waals surface area contributed by atoms with Gasteiger partial charge in [0.15, 0.2) is 0 Å². The van der Waals surface area contributed by atoms with Crippen molar-refractivity contribution in [1.29, 1.82) is 0 Å². The number of hydrogen-bond donors (Lipinski definition) is 0. The highest BCUT2D eigenvalue weighted by molar-refractivity contribution is 5.83. The minimum absolute atomic E-state index is 0.0106. The van der Waals surface area contributed by atoms with Gasteiger partial charge in [0.25, 0.3) is 0 Å². The summed E-state index contributed by atoms with van der Waals surface area (Å²) in [6.45, 7) is 18.8. The van der Waals surface area contributed by atoms with E-state index in [2.05, 4.69) is 145 Å². The zero-order valence-electron chi connectivity index (χ0n) is 24.2. The molecule has 1 radical (unpaired) electrons. The summed E-state index contributed by atoms with van der Waals surface area (Å²) >= 11 is 0. The van der Waals surface area contributed by atoms with Crippen molar-refractivity contribution >= 4 is 5.69 Å². The largest absolute Gasteiger partial charge is 0.345 e. The lowest BCUT2D eigenvalue weighted by Crippen LogP contribution is -2.40. The van der Waals surface area contributed by atoms with E-state index in [-0.39, 0.29) is 11.0 Å². The predicted octanol–water partition coefficient (Wildman–Crippen LogP) is 9.92. The Morgan fingerprint density at radius 2 is 1.11 bits per heavy atom. The van der Waals surface area contributed by atoms with E-state index in [4.69, 9.17) is 0 Å². The molecule has 6 rings (SSSR count). The number of fused-ring (bicyclic) bond motifs is 4. The first-order chi connectivity index (χ1) is 18.0. The highest BCUT2D eigenvalue weighted by Gasteiger charge is 2.47. The quantitative estimate of drug-likeness (QED) is 0.270. The zero-order valence-corrected chi connectivity index (χ0v) is 24.2. The average Bonchev–Trinajstić information content (AvgIpc) is 3.27. The van der Waals surface area contributed by atoms with E-state index in [1.807, 2.05) is 0 Å². The van der Waals surface area contributed by atoms with Crippen molar-refractivity contribution in [3.63, 3.8) is 0 Å². The van der Waals surface area contributed by atoms with E-state index in [1.165, 1.54) is 61.8 Å². The lowest BCUT2D eigenvalue weighted by atomic mass is 9.82. The molecular weight excluding hydrogens is 458 g/mol. The van der Waals surface area contributed by atoms with Crippen LogP contribution in [0.15, 0.2) is 84.9 Å². The molecule has 0 unspecified atom stereocenters. The van der Waals surface area contributed by atoms with E-state index in [1.54, 1.807) is 0 Å². The van der Waals surface area contributed by atoms with E-state index in [0.717, 1.165) is 0 Å². The maximum absolute atomic E-state index is 2.68. The van der Waals surface area contributed by atoms with Crippen molar-refractivity contribution < 1.29 is 0 Å². The van der Waals surface area contributed by atoms with E-state index in [0.29, 0.717) is 11.8 Å². The third kappa shape index (κ3) is 3.44. The molecule has 4 aromatic carbocycles. The molecule has 1 nitrogen and oxygen atoms in total. The number of rotatable bonds is 4. The van der Waals surface area contributed by atoms with Gasteiger partial charge in [-0.05, 0) is 81.8 Å². The summed E-state index contributed by atoms with van der Waals surface area (Å²) in [5.41, 5.74) is 13.7. The second kappa shape index (κ2) is 8.60. The Morgan fingerprint density at radius 1 is 0.553 bits per heavy atom. The van der Waals surface area contributed by atoms with E-state index >= 15 is 0 Å². The van der Waals surface area contributed by atoms with E-state index in [9.17, 15) is 0 Å². The standard InChI is InChI=1S/C37H40N/c1-23(2)26-16-13-17-27(24(3)4)35(26)38-34(29-15-10-12-19-33(29)37(38,7)8)25-20-21-32-30(22-25)28-14-9-11-18-31(28)36(32,5)6/h9-24H,1-8H3. The van der Waals surface area contributed by atoms with Gasteiger partial charge in [0, 0.05) is 11.1 Å². The van der Waals surface area contributed by atoms with Crippen LogP contribution in [0.2, 0.25) is 0 Å². The molecule has 1 aliphatic heterocycles. The van der Waals surface area contributed by atoms with Crippen molar-refractivity contribution in [3.8, 4) is 11.1 Å². The van der Waals surface area contributed by atoms with Gasteiger partial charge in [0.2, 0.25) is 0 Å². The first-order valence-electron chi connectivity index (χ1n) is 14.2. The summed E-state index contributed by atoms with van der Waals surface area (Å²) < 4.78 is 0. The van der Waals surface area contributed by atoms with Gasteiger partial charge in [-0.3, -0.25) is 0 Å². The molecule has 4 aromatic rings. The van der Waals surface area contributed by atoms with Crippen molar-refractivity contribution in [3.05, 3.63) is 130 Å². The molecule has 2 aliphatic rings. The predicted molar refractivity (Wildman–Crippen MR) is 162 cm³/mol. The summed E-state index contributed by atoms with van der Waals surface area (Å²) in [6, 6.07) is 33.5. The fourth-order valence-electron chi connectivity index (χ4n) is 7.06. The Morgan fingerprint density at radius 3 is 1.74 bits per heavy atom. The normalized spacial score (nSPS) is 17.2. The molecule has 38 heavy (non-hydrogen) atoms. The molecule has 0 fully saturated rings. The van der Waals surface area contributed by atoms with Crippen LogP contribution in [0.4, 0.5) is 5.69 Å². The number of hydrogen-bond acceptors (Lipinski definition) is 1. The number of anilines is 1. The molecule has 0 amide bonds. The van der Waals surface area contributed by atoms with Gasteiger partial charge in [0.05, 0.1) is 5.54 Å². The lowest BCUT2D eigenvalue weighted by Gasteiger charge is -2.42. The summed E-state index contributed by atoms with van der Waals surface area (Å²) in [5, 5.41) is 0. The number of para-hydroxylation sites is 1. The Balaban J connectivity index is 1.63. The van der Waals surface area contributed by atoms with Crippen molar-refractivity contribution in [2.45, 2.75) is 78.2 Å². The van der Waals surface area contributed by atoms with Crippen LogP contribution in [0.1, 0.15) is 106 Å². The molecule has 1 heteroatoms. The fourth-order valence-corrected chi connectivity index (χ4v) is 7.06. The summed E-state index contributed by atoms with van der Waals surface area (Å²) in [7, 11) is 0. The second-order valence-electron chi connectivity index (χ2n) is 12.8. The number of benzene rings is 4. The smallest absolute Gasteiger partial charge is 0.124 e. The maximum atomic E-state index is 2.68. The highest BCUT2D eigenvalue weighted by Crippen LogP contribution is 2.55. The summed E-state index contributed by atoms with van der Waals surface area (Å²) in [6.07, 6.45) is 0. The molecule has 0 saturated carbocycles. The van der Waals surface area contributed by atoms with Crippen LogP contribution in [0.5, 0.6) is 0 Å². The molecule has 0 spiro atoms. The van der Waals surface area contributed by atoms with Gasteiger partial charge >= 0.3 is 0 Å². The monoisotopic (exact) mass is 498 g/mol. The minimum atomic E-state index is -0.184. The number of nitrogens with zero attached hydrogens (tertiary/aromatic N) is 1. The average molecular weight is 499 g/mol. The van der Waals surface area contributed by atoms with Crippen LogP contribution in [-0.4, -0.2) is 0 Å². The van der Waals surface area contributed by atoms with Gasteiger partial charge in [-0.1, -0.05) is 120 Å². The fraction of sp³-hybridized carbons (Fsp3) is 0.324. The maximum Gasteiger partial charge on any atom is 0.124 e. The van der Waals surface area contributed by atoms with Crippen LogP contribution in [0, 0.1) is 6.04 Å². The Kier molecular flexibility index (Phi) is 5.65. The Hall–Kier alpha value is -3.32. The summed E-state index contributed by atoms with van der Waals surface area (Å²) in [4.78, 5) is 2.68. The van der Waals surface area contributed by atoms with Gasteiger partial charge in [-0.2, -0.15) is 0 Å². The zero-order chi connectivity index (χ0) is 27.0. The molecule has 0 atom stereocenters. The van der Waals surface area contributed by atoms with Gasteiger partial charge in [-0.25, -0.2) is 0 Å². The van der Waals surface area contributed by atoms with Crippen LogP contribution in [0.25, 0.3) is 11.1 Å². The lowest BCUT2D eigenvalue weighted by molar-refractivity contribution is 0.529. The van der Waals surface area contributed by atoms with Crippen LogP contribution in [0.3, 0.4) is 0 Å². The first-order valence-corrected chi connectivity index (χ1v) is 14.2. The molecule has 1 heterocycles. The molecular formula is C37H40N. The van der Waals surface area contributed by atoms with Crippen molar-refractivity contribution in [2.75, 3.05) is 4.90 Å². The first kappa shape index (κ1) is 25.0. The Labute approximate surface area is 229 Å².